The van der Waals surface area contributed by atoms with Crippen LogP contribution < -0.4 is 10.2 Å². The van der Waals surface area contributed by atoms with E-state index in [1.54, 1.807) is 11.0 Å². The monoisotopic (exact) mass is 510 g/mol. The molecule has 14 nitrogen and oxygen atoms in total. The van der Waals surface area contributed by atoms with Gasteiger partial charge in [0.15, 0.2) is 5.65 Å². The van der Waals surface area contributed by atoms with Crippen molar-refractivity contribution < 1.29 is 28.8 Å². The number of nitrogens with one attached hydrogen (secondary N) is 1. The number of carbonyl (C=O) groups excluding carboxylic acids is 5. The number of rotatable bonds is 6. The second-order valence-corrected chi connectivity index (χ2v) is 8.94. The molecule has 4 heterocycles. The van der Waals surface area contributed by atoms with Gasteiger partial charge in [-0.15, -0.1) is 5.06 Å². The smallest absolute Gasteiger partial charge is 0.352 e. The van der Waals surface area contributed by atoms with Crippen LogP contribution in [0, 0.1) is 17.2 Å². The maximum Gasteiger partial charge on any atom is 0.352 e. The molecule has 194 valence electrons. The molecular weight excluding hydrogens is 484 g/mol. The predicted octanol–water partition coefficient (Wildman–Crippen LogP) is 0.183. The molecule has 0 saturated carbocycles. The molecule has 37 heavy (non-hydrogen) atoms. The lowest BCUT2D eigenvalue weighted by molar-refractivity contribution is -0.196. The number of likely N-dealkylation sites (N-methyl/N-ethyl adjacent to an activating group) is 1. The minimum atomic E-state index is -0.967. The molecule has 0 unspecified atom stereocenters. The van der Waals surface area contributed by atoms with Crippen molar-refractivity contribution >= 4 is 46.6 Å². The van der Waals surface area contributed by atoms with Crippen molar-refractivity contribution in [3.8, 4) is 6.07 Å². The van der Waals surface area contributed by atoms with Crippen LogP contribution in [-0.4, -0.2) is 86.9 Å². The lowest BCUT2D eigenvalue weighted by atomic mass is 9.92. The lowest BCUT2D eigenvalue weighted by Gasteiger charge is -2.42. The lowest BCUT2D eigenvalue weighted by Crippen LogP contribution is -2.52. The molecule has 0 aliphatic carbocycles. The van der Waals surface area contributed by atoms with Crippen LogP contribution in [0.25, 0.3) is 11.0 Å². The largest absolute Gasteiger partial charge is 0.354 e. The molecule has 4 amide bonds. The Hall–Kier alpha value is -4.54. The molecule has 0 radical (unpaired) electrons. The first kappa shape index (κ1) is 25.5. The van der Waals surface area contributed by atoms with Gasteiger partial charge in [-0.25, -0.2) is 19.6 Å². The van der Waals surface area contributed by atoms with Gasteiger partial charge in [-0.3, -0.25) is 19.0 Å². The second kappa shape index (κ2) is 10.6. The van der Waals surface area contributed by atoms with E-state index in [0.717, 1.165) is 6.42 Å². The first-order valence-corrected chi connectivity index (χ1v) is 11.8. The summed E-state index contributed by atoms with van der Waals surface area (Å²) in [7, 11) is 1.86. The minimum absolute atomic E-state index is 0.0296. The van der Waals surface area contributed by atoms with E-state index in [9.17, 15) is 24.0 Å². The summed E-state index contributed by atoms with van der Waals surface area (Å²) in [6.07, 6.45) is 3.35. The number of hydroxylamine groups is 2. The fourth-order valence-electron chi connectivity index (χ4n) is 4.52. The fourth-order valence-corrected chi connectivity index (χ4v) is 4.52. The van der Waals surface area contributed by atoms with Crippen molar-refractivity contribution in [2.24, 2.45) is 5.92 Å². The summed E-state index contributed by atoms with van der Waals surface area (Å²) in [5.41, 5.74) is 0.300. The molecule has 2 aromatic heterocycles. The summed E-state index contributed by atoms with van der Waals surface area (Å²) in [4.78, 5) is 77.2. The Morgan fingerprint density at radius 2 is 1.97 bits per heavy atom. The first-order valence-electron chi connectivity index (χ1n) is 11.8. The number of anilines is 1. The first-order chi connectivity index (χ1) is 17.7. The van der Waals surface area contributed by atoms with E-state index in [-0.39, 0.29) is 37.1 Å². The maximum atomic E-state index is 12.8. The van der Waals surface area contributed by atoms with Gasteiger partial charge in [0.05, 0.1) is 17.5 Å². The quantitative estimate of drug-likeness (QED) is 0.529. The normalized spacial score (nSPS) is 19.6. The Labute approximate surface area is 211 Å². The Morgan fingerprint density at radius 1 is 1.24 bits per heavy atom. The van der Waals surface area contributed by atoms with Gasteiger partial charge < -0.3 is 20.0 Å². The highest BCUT2D eigenvalue weighted by Gasteiger charge is 2.34. The Bertz CT molecular complexity index is 1280. The Morgan fingerprint density at radius 3 is 2.68 bits per heavy atom. The Balaban J connectivity index is 1.46. The highest BCUT2D eigenvalue weighted by molar-refractivity contribution is 6.02. The van der Waals surface area contributed by atoms with Gasteiger partial charge in [-0.05, 0) is 18.4 Å². The molecule has 0 spiro atoms. The topological polar surface area (TPSA) is 171 Å². The van der Waals surface area contributed by atoms with E-state index in [1.165, 1.54) is 17.1 Å². The van der Waals surface area contributed by atoms with Gasteiger partial charge in [-0.1, -0.05) is 6.92 Å². The molecule has 0 aromatic carbocycles. The highest BCUT2D eigenvalue weighted by atomic mass is 16.7. The number of fused-ring (bicyclic) bond motifs is 1. The molecule has 2 atom stereocenters. The molecular formula is C23H26N8O6. The van der Waals surface area contributed by atoms with Crippen LogP contribution in [0.1, 0.15) is 32.6 Å². The molecule has 2 aliphatic rings. The average molecular weight is 511 g/mol. The van der Waals surface area contributed by atoms with Crippen LogP contribution in [-0.2, 0) is 24.0 Å². The molecule has 2 fully saturated rings. The van der Waals surface area contributed by atoms with Gasteiger partial charge in [0, 0.05) is 39.2 Å². The third-order valence-corrected chi connectivity index (χ3v) is 6.60. The number of piperidine rings is 1. The number of nitrogens with zero attached hydrogens (tertiary/aromatic N) is 7. The fraction of sp³-hybridized carbons (Fsp3) is 0.478. The van der Waals surface area contributed by atoms with Crippen LogP contribution in [0.2, 0.25) is 0 Å². The highest BCUT2D eigenvalue weighted by Crippen LogP contribution is 2.29. The van der Waals surface area contributed by atoms with Crippen LogP contribution >= 0.6 is 0 Å². The number of hydrogen-bond donors (Lipinski definition) is 1. The number of hydrogen-bond acceptors (Lipinski definition) is 10. The standard InChI is InChI=1S/C23H26N8O6/c1-14-6-9-29(17(32)5-8-24)12-16(14)28(2)21-15-7-10-30(22(15)27-13-26-21)23(36)25-11-20(35)37-31-18(33)3-4-19(31)34/h7,10,13-14,16H,3-6,9,11-12H2,1-2H3,(H,25,36)/t14-,16+/m1/s1. The minimum Gasteiger partial charge on any atom is -0.354 e. The van der Waals surface area contributed by atoms with Gasteiger partial charge in [-0.2, -0.15) is 5.26 Å². The van der Waals surface area contributed by atoms with E-state index in [0.29, 0.717) is 35.0 Å². The zero-order valence-electron chi connectivity index (χ0n) is 20.4. The predicted molar refractivity (Wildman–Crippen MR) is 126 cm³/mol. The van der Waals surface area contributed by atoms with Gasteiger partial charge in [0.25, 0.3) is 11.8 Å². The summed E-state index contributed by atoms with van der Waals surface area (Å²) in [5, 5.41) is 12.3. The maximum absolute atomic E-state index is 12.8. The van der Waals surface area contributed by atoms with E-state index < -0.39 is 30.4 Å². The van der Waals surface area contributed by atoms with Crippen molar-refractivity contribution in [3.05, 3.63) is 18.6 Å². The van der Waals surface area contributed by atoms with Gasteiger partial charge >= 0.3 is 12.0 Å². The van der Waals surface area contributed by atoms with Crippen LogP contribution in [0.15, 0.2) is 18.6 Å². The van der Waals surface area contributed by atoms with Crippen molar-refractivity contribution in [2.45, 2.75) is 38.6 Å². The molecule has 1 N–H and O–H groups in total. The average Bonchev–Trinajstić information content (AvgIpc) is 3.46. The molecule has 2 saturated heterocycles. The molecule has 2 aromatic rings. The third kappa shape index (κ3) is 5.20. The van der Waals surface area contributed by atoms with E-state index in [4.69, 9.17) is 10.1 Å². The Kier molecular flexibility index (Phi) is 7.32. The molecule has 2 aliphatic heterocycles. The van der Waals surface area contributed by atoms with Crippen LogP contribution in [0.5, 0.6) is 0 Å². The number of aromatic nitrogens is 3. The van der Waals surface area contributed by atoms with Crippen molar-refractivity contribution in [2.75, 3.05) is 31.6 Å². The second-order valence-electron chi connectivity index (χ2n) is 8.94. The number of carbonyl (C=O) groups is 5. The molecule has 4 rings (SSSR count). The van der Waals surface area contributed by atoms with E-state index in [2.05, 4.69) is 22.2 Å². The van der Waals surface area contributed by atoms with Crippen LogP contribution in [0.4, 0.5) is 10.6 Å². The third-order valence-electron chi connectivity index (χ3n) is 6.60. The molecule has 14 heteroatoms. The summed E-state index contributed by atoms with van der Waals surface area (Å²) < 4.78 is 1.21. The van der Waals surface area contributed by atoms with Gasteiger partial charge in [0.2, 0.25) is 5.91 Å². The zero-order chi connectivity index (χ0) is 26.7. The number of imide groups is 1. The number of nitriles is 1. The zero-order valence-corrected chi connectivity index (χ0v) is 20.4. The summed E-state index contributed by atoms with van der Waals surface area (Å²) in [6.45, 7) is 2.55. The van der Waals surface area contributed by atoms with E-state index in [1.807, 2.05) is 18.0 Å². The van der Waals surface area contributed by atoms with Crippen molar-refractivity contribution in [3.63, 3.8) is 0 Å². The van der Waals surface area contributed by atoms with E-state index >= 15 is 0 Å². The number of amides is 4. The van der Waals surface area contributed by atoms with Gasteiger partial charge in [0.1, 0.15) is 25.1 Å². The SMILES string of the molecule is C[C@@H]1CCN(C(=O)CC#N)C[C@@H]1N(C)c1ncnc2c1ccn2C(=O)NCC(=O)ON1C(=O)CCC1=O. The summed E-state index contributed by atoms with van der Waals surface area (Å²) >= 11 is 0. The van der Waals surface area contributed by atoms with Crippen LogP contribution in [0.3, 0.4) is 0 Å². The number of likely N-dealkylation sites (tertiary alicyclic amines) is 1. The summed E-state index contributed by atoms with van der Waals surface area (Å²) in [5.74, 6) is -1.59. The molecule has 0 bridgehead atoms. The summed E-state index contributed by atoms with van der Waals surface area (Å²) in [6, 6.07) is 2.83. The van der Waals surface area contributed by atoms with Crippen molar-refractivity contribution in [1.29, 1.82) is 5.26 Å². The van der Waals surface area contributed by atoms with Crippen molar-refractivity contribution in [1.82, 2.24) is 29.8 Å².